The summed E-state index contributed by atoms with van der Waals surface area (Å²) in [6.07, 6.45) is 4.70. The Kier molecular flexibility index (Phi) is 8.01. The molecule has 30 heavy (non-hydrogen) atoms. The summed E-state index contributed by atoms with van der Waals surface area (Å²) in [4.78, 5) is 22.9. The van der Waals surface area contributed by atoms with E-state index in [4.69, 9.17) is 14.6 Å². The maximum atomic E-state index is 12.3. The van der Waals surface area contributed by atoms with Crippen molar-refractivity contribution < 1.29 is 34.4 Å². The molecule has 1 heterocycles. The number of rotatable bonds is 10. The molecule has 7 heteroatoms. The fraction of sp³-hybridized carbons (Fsp3) is 0.565. The first kappa shape index (κ1) is 22.5. The van der Waals surface area contributed by atoms with Crippen LogP contribution in [0.2, 0.25) is 0 Å². The van der Waals surface area contributed by atoms with Crippen LogP contribution in [0.5, 0.6) is 5.75 Å². The third-order valence-corrected chi connectivity index (χ3v) is 5.82. The Labute approximate surface area is 176 Å². The van der Waals surface area contributed by atoms with Crippen molar-refractivity contribution in [3.05, 3.63) is 42.0 Å². The zero-order valence-electron chi connectivity index (χ0n) is 17.0. The van der Waals surface area contributed by atoms with E-state index in [-0.39, 0.29) is 30.5 Å². The molecule has 1 aliphatic carbocycles. The minimum Gasteiger partial charge on any atom is -0.481 e. The van der Waals surface area contributed by atoms with Gasteiger partial charge in [0.05, 0.1) is 12.7 Å². The highest BCUT2D eigenvalue weighted by Gasteiger charge is 2.39. The van der Waals surface area contributed by atoms with Crippen LogP contribution in [0.15, 0.2) is 36.4 Å². The molecule has 5 atom stereocenters. The smallest absolute Gasteiger partial charge is 0.303 e. The molecule has 1 saturated carbocycles. The van der Waals surface area contributed by atoms with Crippen LogP contribution < -0.4 is 4.74 Å². The topological polar surface area (TPSA) is 113 Å². The minimum atomic E-state index is -1.02. The normalized spacial score (nSPS) is 27.1. The first-order chi connectivity index (χ1) is 14.5. The fourth-order valence-electron chi connectivity index (χ4n) is 4.16. The van der Waals surface area contributed by atoms with E-state index >= 15 is 0 Å². The predicted molar refractivity (Wildman–Crippen MR) is 109 cm³/mol. The Morgan fingerprint density at radius 3 is 2.77 bits per heavy atom. The van der Waals surface area contributed by atoms with Crippen molar-refractivity contribution in [3.63, 3.8) is 0 Å². The van der Waals surface area contributed by atoms with Crippen molar-refractivity contribution in [2.45, 2.75) is 70.1 Å². The van der Waals surface area contributed by atoms with Crippen LogP contribution in [0.25, 0.3) is 0 Å². The third kappa shape index (κ3) is 5.90. The van der Waals surface area contributed by atoms with Gasteiger partial charge in [-0.1, -0.05) is 49.6 Å². The van der Waals surface area contributed by atoms with Crippen LogP contribution in [-0.2, 0) is 20.9 Å². The number of carbonyl (C=O) groups is 2. The lowest BCUT2D eigenvalue weighted by Crippen LogP contribution is -2.36. The number of fused-ring (bicyclic) bond motifs is 1. The minimum absolute atomic E-state index is 0.0382. The standard InChI is InChI=1S/C23H30O7/c24-18(23-29-14-15-7-5-6-9-21(15)30-23)12-11-17-16(19(25)13-20(17)26)8-3-1-2-4-10-22(27)28/h5-7,9,11-12,16-18,20,23-24,26H,1-4,8,10,13-14H2,(H,27,28)/t16-,17-,18+,20-,23?/m1/s1. The van der Waals surface area contributed by atoms with Gasteiger partial charge in [-0.3, -0.25) is 9.59 Å². The van der Waals surface area contributed by atoms with E-state index in [9.17, 15) is 19.8 Å². The Morgan fingerprint density at radius 1 is 1.20 bits per heavy atom. The quantitative estimate of drug-likeness (QED) is 0.395. The lowest BCUT2D eigenvalue weighted by Gasteiger charge is -2.28. The van der Waals surface area contributed by atoms with E-state index in [2.05, 4.69) is 0 Å². The third-order valence-electron chi connectivity index (χ3n) is 5.82. The molecule has 1 aliphatic heterocycles. The summed E-state index contributed by atoms with van der Waals surface area (Å²) in [6, 6.07) is 7.48. The predicted octanol–water partition coefficient (Wildman–Crippen LogP) is 2.83. The largest absolute Gasteiger partial charge is 0.481 e. The van der Waals surface area contributed by atoms with E-state index in [1.807, 2.05) is 24.3 Å². The van der Waals surface area contributed by atoms with E-state index < -0.39 is 24.5 Å². The number of aliphatic hydroxyl groups excluding tert-OH is 2. The fourth-order valence-corrected chi connectivity index (χ4v) is 4.16. The molecule has 3 N–H and O–H groups in total. The molecular weight excluding hydrogens is 388 g/mol. The highest BCUT2D eigenvalue weighted by atomic mass is 16.7. The number of carbonyl (C=O) groups excluding carboxylic acids is 1. The highest BCUT2D eigenvalue weighted by Crippen LogP contribution is 2.35. The number of hydrogen-bond acceptors (Lipinski definition) is 6. The number of para-hydroxylation sites is 1. The van der Waals surface area contributed by atoms with Crippen molar-refractivity contribution in [1.29, 1.82) is 0 Å². The Hall–Kier alpha value is -2.22. The molecule has 164 valence electrons. The molecule has 0 bridgehead atoms. The Bertz CT molecular complexity index is 760. The molecule has 7 nitrogen and oxygen atoms in total. The second-order valence-electron chi connectivity index (χ2n) is 8.05. The average Bonchev–Trinajstić information content (AvgIpc) is 3.00. The van der Waals surface area contributed by atoms with Gasteiger partial charge in [-0.2, -0.15) is 0 Å². The first-order valence-electron chi connectivity index (χ1n) is 10.6. The van der Waals surface area contributed by atoms with Crippen molar-refractivity contribution >= 4 is 11.8 Å². The Morgan fingerprint density at radius 2 is 1.97 bits per heavy atom. The molecule has 0 spiro atoms. The van der Waals surface area contributed by atoms with Crippen LogP contribution in [0.1, 0.15) is 50.5 Å². The SMILES string of the molecule is O=C(O)CCCCCC[C@H]1C(=O)C[C@@H](O)[C@@H]1C=C[C@H](O)C1OCc2ccccc2O1. The van der Waals surface area contributed by atoms with Crippen molar-refractivity contribution in [3.8, 4) is 5.75 Å². The van der Waals surface area contributed by atoms with Crippen molar-refractivity contribution in [2.24, 2.45) is 11.8 Å². The molecule has 1 fully saturated rings. The highest BCUT2D eigenvalue weighted by molar-refractivity contribution is 5.84. The van der Waals surface area contributed by atoms with Crippen LogP contribution in [0, 0.1) is 11.8 Å². The van der Waals surface area contributed by atoms with Crippen molar-refractivity contribution in [2.75, 3.05) is 0 Å². The molecular formula is C23H30O7. The lowest BCUT2D eigenvalue weighted by molar-refractivity contribution is -0.152. The van der Waals surface area contributed by atoms with Gasteiger partial charge in [0.2, 0.25) is 6.29 Å². The van der Waals surface area contributed by atoms with Crippen molar-refractivity contribution in [1.82, 2.24) is 0 Å². The zero-order valence-corrected chi connectivity index (χ0v) is 17.0. The number of aliphatic carboxylic acids is 1. The van der Waals surface area contributed by atoms with Gasteiger partial charge in [-0.25, -0.2) is 0 Å². The second-order valence-corrected chi connectivity index (χ2v) is 8.05. The monoisotopic (exact) mass is 418 g/mol. The number of Topliss-reactive ketones (excluding diaryl/α,β-unsaturated/α-hetero) is 1. The average molecular weight is 418 g/mol. The van der Waals surface area contributed by atoms with Gasteiger partial charge < -0.3 is 24.8 Å². The van der Waals surface area contributed by atoms with Gasteiger partial charge in [0.15, 0.2) is 0 Å². The van der Waals surface area contributed by atoms with Crippen LogP contribution >= 0.6 is 0 Å². The molecule has 1 unspecified atom stereocenters. The van der Waals surface area contributed by atoms with Crippen LogP contribution in [0.4, 0.5) is 0 Å². The molecule has 0 saturated heterocycles. The molecule has 2 aliphatic rings. The summed E-state index contributed by atoms with van der Waals surface area (Å²) in [5.74, 6) is -0.699. The number of aliphatic hydroxyl groups is 2. The molecule has 0 amide bonds. The van der Waals surface area contributed by atoms with Gasteiger partial charge in [0.1, 0.15) is 17.6 Å². The Balaban J connectivity index is 1.51. The summed E-state index contributed by atoms with van der Waals surface area (Å²) < 4.78 is 11.3. The van der Waals surface area contributed by atoms with Crippen LogP contribution in [-0.4, -0.2) is 45.6 Å². The van der Waals surface area contributed by atoms with E-state index in [1.165, 1.54) is 0 Å². The van der Waals surface area contributed by atoms with Gasteiger partial charge in [-0.05, 0) is 18.9 Å². The van der Waals surface area contributed by atoms with E-state index in [0.29, 0.717) is 25.2 Å². The molecule has 0 aromatic heterocycles. The number of benzene rings is 1. The van der Waals surface area contributed by atoms with Gasteiger partial charge in [0, 0.05) is 30.2 Å². The maximum absolute atomic E-state index is 12.3. The number of hydrogen-bond donors (Lipinski definition) is 3. The summed E-state index contributed by atoms with van der Waals surface area (Å²) in [6.45, 7) is 0.348. The number of ketones is 1. The maximum Gasteiger partial charge on any atom is 0.303 e. The molecule has 1 aromatic rings. The molecule has 1 aromatic carbocycles. The number of carboxylic acid groups (broad SMARTS) is 1. The zero-order chi connectivity index (χ0) is 21.5. The summed E-state index contributed by atoms with van der Waals surface area (Å²) in [5, 5.41) is 29.4. The van der Waals surface area contributed by atoms with Gasteiger partial charge in [-0.15, -0.1) is 0 Å². The van der Waals surface area contributed by atoms with E-state index in [0.717, 1.165) is 24.8 Å². The lowest BCUT2D eigenvalue weighted by atomic mass is 9.88. The van der Waals surface area contributed by atoms with Gasteiger partial charge >= 0.3 is 5.97 Å². The molecule has 3 rings (SSSR count). The summed E-state index contributed by atoms with van der Waals surface area (Å²) >= 11 is 0. The number of unbranched alkanes of at least 4 members (excludes halogenated alkanes) is 3. The van der Waals surface area contributed by atoms with E-state index in [1.54, 1.807) is 12.2 Å². The van der Waals surface area contributed by atoms with Gasteiger partial charge in [0.25, 0.3) is 0 Å². The van der Waals surface area contributed by atoms with Crippen LogP contribution in [0.3, 0.4) is 0 Å². The molecule has 0 radical (unpaired) electrons. The summed E-state index contributed by atoms with van der Waals surface area (Å²) in [7, 11) is 0. The number of ether oxygens (including phenoxy) is 2. The number of carboxylic acids is 1. The first-order valence-corrected chi connectivity index (χ1v) is 10.6. The summed E-state index contributed by atoms with van der Waals surface area (Å²) in [5.41, 5.74) is 0.921. The second kappa shape index (κ2) is 10.7.